The molecule has 0 radical (unpaired) electrons. The Balaban J connectivity index is 3.05. The number of aryl methyl sites for hydroxylation is 1. The molecule has 0 amide bonds. The van der Waals surface area contributed by atoms with E-state index in [1.807, 2.05) is 6.92 Å². The Bertz CT molecular complexity index is 486. The average molecular weight is 229 g/mol. The second-order valence-corrected chi connectivity index (χ2v) is 3.16. The van der Waals surface area contributed by atoms with E-state index in [-0.39, 0.29) is 5.69 Å². The Hall–Kier alpha value is -1.17. The lowest BCUT2D eigenvalue weighted by molar-refractivity contribution is 0.801. The molecule has 0 aliphatic rings. The molecule has 1 N–H and O–H groups in total. The predicted octanol–water partition coefficient (Wildman–Crippen LogP) is 0.489. The summed E-state index contributed by atoms with van der Waals surface area (Å²) in [4.78, 5) is 11.1. The van der Waals surface area contributed by atoms with E-state index in [0.717, 1.165) is 10.2 Å². The molecule has 0 saturated heterocycles. The molecule has 2 aromatic rings. The minimum absolute atomic E-state index is 0.332. The van der Waals surface area contributed by atoms with Crippen molar-refractivity contribution >= 4 is 21.4 Å². The molecule has 0 aliphatic carbocycles. The summed E-state index contributed by atoms with van der Waals surface area (Å²) in [6, 6.07) is 0. The van der Waals surface area contributed by atoms with Crippen molar-refractivity contribution in [3.63, 3.8) is 0 Å². The van der Waals surface area contributed by atoms with Gasteiger partial charge in [-0.1, -0.05) is 0 Å². The van der Waals surface area contributed by atoms with Crippen molar-refractivity contribution in [2.75, 3.05) is 0 Å². The third kappa shape index (κ3) is 0.878. The largest absolute Gasteiger partial charge is 0.363 e. The summed E-state index contributed by atoms with van der Waals surface area (Å²) in [7, 11) is 0. The normalized spacial score (nSPS) is 10.8. The minimum Gasteiger partial charge on any atom is -0.244 e. The Morgan fingerprint density at radius 1 is 1.67 bits per heavy atom. The number of rotatable bonds is 0. The number of nitrogens with zero attached hydrogens (tertiary/aromatic N) is 3. The van der Waals surface area contributed by atoms with Crippen molar-refractivity contribution in [1.82, 2.24) is 19.8 Å². The summed E-state index contributed by atoms with van der Waals surface area (Å²) in [6.45, 7) is 1.82. The number of halogens is 1. The summed E-state index contributed by atoms with van der Waals surface area (Å²) in [6.07, 6.45) is 1.55. The van der Waals surface area contributed by atoms with E-state index in [0.29, 0.717) is 5.52 Å². The number of aromatic nitrogens is 4. The van der Waals surface area contributed by atoms with Gasteiger partial charge in [0.1, 0.15) is 5.52 Å². The fourth-order valence-corrected chi connectivity index (χ4v) is 1.34. The van der Waals surface area contributed by atoms with Crippen LogP contribution in [0.5, 0.6) is 0 Å². The summed E-state index contributed by atoms with van der Waals surface area (Å²) in [5.41, 5.74) is 1.12. The summed E-state index contributed by atoms with van der Waals surface area (Å²) in [5, 5.41) is 9.95. The molecule has 0 spiro atoms. The van der Waals surface area contributed by atoms with Gasteiger partial charge in [-0.25, -0.2) is 9.89 Å². The third-order valence-corrected chi connectivity index (χ3v) is 2.54. The summed E-state index contributed by atoms with van der Waals surface area (Å²) in [5.74, 6) is 0. The van der Waals surface area contributed by atoms with Crippen molar-refractivity contribution < 1.29 is 0 Å². The fourth-order valence-electron chi connectivity index (χ4n) is 0.988. The smallest absolute Gasteiger partial charge is 0.244 e. The zero-order valence-electron chi connectivity index (χ0n) is 6.21. The average Bonchev–Trinajstić information content (AvgIpc) is 2.32. The molecular formula is C6H5BrN4O. The van der Waals surface area contributed by atoms with Crippen molar-refractivity contribution in [3.8, 4) is 0 Å². The second kappa shape index (κ2) is 2.41. The van der Waals surface area contributed by atoms with Gasteiger partial charge in [0, 0.05) is 0 Å². The molecule has 0 fully saturated rings. The first kappa shape index (κ1) is 7.48. The Labute approximate surface area is 75.5 Å². The van der Waals surface area contributed by atoms with Crippen molar-refractivity contribution in [3.05, 3.63) is 26.8 Å². The second-order valence-electron chi connectivity index (χ2n) is 2.37. The summed E-state index contributed by atoms with van der Waals surface area (Å²) < 4.78 is 2.08. The highest BCUT2D eigenvalue weighted by molar-refractivity contribution is 9.10. The molecular weight excluding hydrogens is 224 g/mol. The van der Waals surface area contributed by atoms with E-state index in [9.17, 15) is 4.79 Å². The Kier molecular flexibility index (Phi) is 1.50. The van der Waals surface area contributed by atoms with Gasteiger partial charge in [0.15, 0.2) is 0 Å². The number of aromatic amines is 1. The molecule has 0 unspecified atom stereocenters. The third-order valence-electron chi connectivity index (χ3n) is 1.56. The van der Waals surface area contributed by atoms with Gasteiger partial charge in [-0.05, 0) is 22.9 Å². The van der Waals surface area contributed by atoms with Crippen LogP contribution < -0.4 is 5.69 Å². The topological polar surface area (TPSA) is 63.1 Å². The molecule has 0 saturated carbocycles. The highest BCUT2D eigenvalue weighted by Gasteiger charge is 2.07. The van der Waals surface area contributed by atoms with Gasteiger partial charge >= 0.3 is 5.69 Å². The minimum atomic E-state index is -0.332. The van der Waals surface area contributed by atoms with Gasteiger partial charge in [-0.15, -0.1) is 0 Å². The maximum Gasteiger partial charge on any atom is 0.363 e. The first-order chi connectivity index (χ1) is 5.70. The molecule has 6 heteroatoms. The number of hydrogen-bond acceptors (Lipinski definition) is 3. The first-order valence-corrected chi connectivity index (χ1v) is 4.08. The molecule has 0 aliphatic heterocycles. The zero-order chi connectivity index (χ0) is 8.72. The van der Waals surface area contributed by atoms with Crippen LogP contribution in [0.2, 0.25) is 0 Å². The number of fused-ring (bicyclic) bond motifs is 1. The molecule has 5 nitrogen and oxygen atoms in total. The maximum atomic E-state index is 11.1. The van der Waals surface area contributed by atoms with Gasteiger partial charge in [0.2, 0.25) is 0 Å². The van der Waals surface area contributed by atoms with E-state index in [1.165, 1.54) is 4.52 Å². The lowest BCUT2D eigenvalue weighted by Gasteiger charge is -1.87. The number of H-pyrrole nitrogens is 1. The van der Waals surface area contributed by atoms with Crippen LogP contribution in [-0.4, -0.2) is 19.8 Å². The van der Waals surface area contributed by atoms with E-state index in [2.05, 4.69) is 31.2 Å². The predicted molar refractivity (Wildman–Crippen MR) is 46.0 cm³/mol. The van der Waals surface area contributed by atoms with Crippen LogP contribution in [0.3, 0.4) is 0 Å². The van der Waals surface area contributed by atoms with Gasteiger partial charge < -0.3 is 0 Å². The Morgan fingerprint density at radius 3 is 3.08 bits per heavy atom. The van der Waals surface area contributed by atoms with Crippen LogP contribution in [0.4, 0.5) is 0 Å². The molecule has 0 aromatic carbocycles. The maximum absolute atomic E-state index is 11.1. The van der Waals surface area contributed by atoms with E-state index >= 15 is 0 Å². The SMILES string of the molecule is Cc1nn2c(=O)[nH]ncc2c1Br. The van der Waals surface area contributed by atoms with Gasteiger partial charge in [0.25, 0.3) is 0 Å². The van der Waals surface area contributed by atoms with Crippen molar-refractivity contribution in [2.24, 2.45) is 0 Å². The highest BCUT2D eigenvalue weighted by Crippen LogP contribution is 2.18. The molecule has 12 heavy (non-hydrogen) atoms. The number of hydrogen-bond donors (Lipinski definition) is 1. The van der Waals surface area contributed by atoms with E-state index in [1.54, 1.807) is 6.20 Å². The van der Waals surface area contributed by atoms with Crippen LogP contribution in [0.25, 0.3) is 5.52 Å². The number of nitrogens with one attached hydrogen (secondary N) is 1. The lowest BCUT2D eigenvalue weighted by atomic mass is 10.4. The van der Waals surface area contributed by atoms with Crippen LogP contribution in [0, 0.1) is 6.92 Å². The van der Waals surface area contributed by atoms with Crippen LogP contribution in [-0.2, 0) is 0 Å². The monoisotopic (exact) mass is 228 g/mol. The molecule has 62 valence electrons. The highest BCUT2D eigenvalue weighted by atomic mass is 79.9. The van der Waals surface area contributed by atoms with Crippen molar-refractivity contribution in [1.29, 1.82) is 0 Å². The molecule has 2 aromatic heterocycles. The fraction of sp³-hybridized carbons (Fsp3) is 0.167. The van der Waals surface area contributed by atoms with Gasteiger partial charge in [-0.3, -0.25) is 0 Å². The van der Waals surface area contributed by atoms with E-state index in [4.69, 9.17) is 0 Å². The van der Waals surface area contributed by atoms with Gasteiger partial charge in [-0.2, -0.15) is 14.7 Å². The molecule has 2 rings (SSSR count). The van der Waals surface area contributed by atoms with Gasteiger partial charge in [0.05, 0.1) is 16.4 Å². The summed E-state index contributed by atoms with van der Waals surface area (Å²) >= 11 is 3.31. The first-order valence-electron chi connectivity index (χ1n) is 3.28. The van der Waals surface area contributed by atoms with Crippen molar-refractivity contribution in [2.45, 2.75) is 6.92 Å². The molecule has 0 bridgehead atoms. The molecule has 2 heterocycles. The van der Waals surface area contributed by atoms with E-state index < -0.39 is 0 Å². The van der Waals surface area contributed by atoms with Crippen LogP contribution in [0.15, 0.2) is 15.5 Å². The van der Waals surface area contributed by atoms with Crippen LogP contribution in [0.1, 0.15) is 5.69 Å². The lowest BCUT2D eigenvalue weighted by Crippen LogP contribution is -2.17. The molecule has 0 atom stereocenters. The van der Waals surface area contributed by atoms with Crippen LogP contribution >= 0.6 is 15.9 Å². The standard InChI is InChI=1S/C6H5BrN4O/c1-3-5(7)4-2-8-9-6(12)11(4)10-3/h2H,1H3,(H,9,12). The zero-order valence-corrected chi connectivity index (χ0v) is 7.79. The Morgan fingerprint density at radius 2 is 2.42 bits per heavy atom. The quantitative estimate of drug-likeness (QED) is 0.714.